The number of amides is 1. The molecule has 0 aliphatic rings. The molecule has 6 nitrogen and oxygen atoms in total. The number of hydrogen-bond acceptors (Lipinski definition) is 4. The molecule has 3 rings (SSSR count). The first kappa shape index (κ1) is 24.1. The topological polar surface area (TPSA) is 71.6 Å². The molecule has 0 unspecified atom stereocenters. The monoisotopic (exact) mass is 448 g/mol. The van der Waals surface area contributed by atoms with Crippen LogP contribution in [0.25, 0.3) is 17.0 Å². The molecule has 0 aliphatic carbocycles. The molecular weight excluding hydrogens is 416 g/mol. The third kappa shape index (κ3) is 6.72. The fourth-order valence-electron chi connectivity index (χ4n) is 3.65. The molecule has 174 valence electrons. The summed E-state index contributed by atoms with van der Waals surface area (Å²) in [6, 6.07) is 15.9. The van der Waals surface area contributed by atoms with Gasteiger partial charge in [-0.1, -0.05) is 42.5 Å². The molecule has 0 saturated carbocycles. The number of esters is 1. The number of hydrogen-bond donors (Lipinski definition) is 1. The van der Waals surface area contributed by atoms with Crippen LogP contribution in [0.5, 0.6) is 0 Å². The summed E-state index contributed by atoms with van der Waals surface area (Å²) in [4.78, 5) is 29.4. The van der Waals surface area contributed by atoms with E-state index in [9.17, 15) is 9.59 Å². The lowest BCUT2D eigenvalue weighted by Crippen LogP contribution is -2.37. The van der Waals surface area contributed by atoms with Gasteiger partial charge in [-0.05, 0) is 62.9 Å². The third-order valence-corrected chi connectivity index (χ3v) is 5.28. The minimum absolute atomic E-state index is 0.338. The molecule has 0 bridgehead atoms. The zero-order valence-corrected chi connectivity index (χ0v) is 20.0. The quantitative estimate of drug-likeness (QED) is 0.375. The second-order valence-electron chi connectivity index (χ2n) is 9.02. The van der Waals surface area contributed by atoms with Crippen LogP contribution in [-0.4, -0.2) is 41.2 Å². The third-order valence-electron chi connectivity index (χ3n) is 5.28. The molecule has 1 heterocycles. The number of aryl methyl sites for hydroxylation is 1. The Morgan fingerprint density at radius 2 is 1.76 bits per heavy atom. The number of rotatable bonds is 7. The Hall–Kier alpha value is -3.54. The van der Waals surface area contributed by atoms with E-state index in [0.717, 1.165) is 28.8 Å². The van der Waals surface area contributed by atoms with Gasteiger partial charge in [-0.15, -0.1) is 0 Å². The van der Waals surface area contributed by atoms with Gasteiger partial charge in [0, 0.05) is 35.8 Å². The van der Waals surface area contributed by atoms with Crippen molar-refractivity contribution in [1.82, 2.24) is 9.88 Å². The number of aromatic amines is 1. The maximum atomic E-state index is 13.0. The zero-order chi connectivity index (χ0) is 24.0. The molecule has 0 atom stereocenters. The molecule has 1 amide bonds. The normalized spacial score (nSPS) is 11.7. The number of nitrogens with zero attached hydrogens (tertiary/aromatic N) is 1. The molecule has 1 aromatic heterocycles. The van der Waals surface area contributed by atoms with Crippen molar-refractivity contribution < 1.29 is 19.1 Å². The summed E-state index contributed by atoms with van der Waals surface area (Å²) in [5.41, 5.74) is 4.71. The van der Waals surface area contributed by atoms with Crippen LogP contribution in [0.15, 0.2) is 54.6 Å². The van der Waals surface area contributed by atoms with Crippen molar-refractivity contribution in [1.29, 1.82) is 0 Å². The average molecular weight is 449 g/mol. The largest absolute Gasteiger partial charge is 0.466 e. The van der Waals surface area contributed by atoms with Crippen LogP contribution in [0.3, 0.4) is 0 Å². The maximum absolute atomic E-state index is 13.0. The summed E-state index contributed by atoms with van der Waals surface area (Å²) in [5.74, 6) is -0.400. The summed E-state index contributed by atoms with van der Waals surface area (Å²) in [6.07, 6.45) is 3.45. The van der Waals surface area contributed by atoms with Crippen LogP contribution in [-0.2, 0) is 27.2 Å². The summed E-state index contributed by atoms with van der Waals surface area (Å²) in [5, 5.41) is 1.18. The van der Waals surface area contributed by atoms with Crippen LogP contribution in [0.4, 0.5) is 4.79 Å². The van der Waals surface area contributed by atoms with E-state index in [1.807, 2.05) is 57.2 Å². The number of carbonyl (C=O) groups excluding carboxylic acids is 2. The van der Waals surface area contributed by atoms with Crippen molar-refractivity contribution in [2.24, 2.45) is 0 Å². The first-order valence-electron chi connectivity index (χ1n) is 11.1. The molecule has 3 aromatic rings. The summed E-state index contributed by atoms with van der Waals surface area (Å²) >= 11 is 0. The van der Waals surface area contributed by atoms with E-state index in [1.54, 1.807) is 11.0 Å². The lowest BCUT2D eigenvalue weighted by atomic mass is 10.1. The van der Waals surface area contributed by atoms with Gasteiger partial charge < -0.3 is 19.4 Å². The predicted octanol–water partition coefficient (Wildman–Crippen LogP) is 5.64. The number of H-pyrrole nitrogens is 1. The van der Waals surface area contributed by atoms with Gasteiger partial charge in [-0.2, -0.15) is 0 Å². The smallest absolute Gasteiger partial charge is 0.410 e. The Kier molecular flexibility index (Phi) is 7.59. The fourth-order valence-corrected chi connectivity index (χ4v) is 3.65. The first-order chi connectivity index (χ1) is 15.7. The van der Waals surface area contributed by atoms with Gasteiger partial charge in [0.1, 0.15) is 5.60 Å². The standard InChI is InChI=1S/C27H32N2O4/c1-19-22(23-8-6-7-9-24(23)28-19)16-17-29(26(31)33-27(2,3)4)18-21-12-10-20(11-13-21)14-15-25(30)32-5/h6-15,28H,16-18H2,1-5H3/b15-14+. The Bertz CT molecular complexity index is 1140. The van der Waals surface area contributed by atoms with E-state index in [-0.39, 0.29) is 6.09 Å². The minimum Gasteiger partial charge on any atom is -0.466 e. The van der Waals surface area contributed by atoms with Gasteiger partial charge in [0.2, 0.25) is 0 Å². The average Bonchev–Trinajstić information content (AvgIpc) is 3.09. The maximum Gasteiger partial charge on any atom is 0.410 e. The van der Waals surface area contributed by atoms with Gasteiger partial charge in [0.05, 0.1) is 7.11 Å². The van der Waals surface area contributed by atoms with Crippen molar-refractivity contribution in [3.05, 3.63) is 77.0 Å². The Morgan fingerprint density at radius 3 is 2.42 bits per heavy atom. The molecule has 0 fully saturated rings. The van der Waals surface area contributed by atoms with Crippen molar-refractivity contribution in [2.75, 3.05) is 13.7 Å². The summed E-state index contributed by atoms with van der Waals surface area (Å²) in [6.45, 7) is 8.63. The molecule has 0 radical (unpaired) electrons. The minimum atomic E-state index is -0.575. The number of fused-ring (bicyclic) bond motifs is 1. The van der Waals surface area contributed by atoms with Crippen molar-refractivity contribution in [3.8, 4) is 0 Å². The van der Waals surface area contributed by atoms with Gasteiger partial charge in [-0.25, -0.2) is 9.59 Å². The van der Waals surface area contributed by atoms with Gasteiger partial charge in [-0.3, -0.25) is 0 Å². The van der Waals surface area contributed by atoms with Crippen molar-refractivity contribution in [2.45, 2.75) is 46.3 Å². The van der Waals surface area contributed by atoms with E-state index >= 15 is 0 Å². The van der Waals surface area contributed by atoms with Crippen LogP contribution in [0, 0.1) is 6.92 Å². The zero-order valence-electron chi connectivity index (χ0n) is 20.0. The molecule has 0 aliphatic heterocycles. The lowest BCUT2D eigenvalue weighted by molar-refractivity contribution is -0.134. The number of methoxy groups -OCH3 is 1. The van der Waals surface area contributed by atoms with Crippen molar-refractivity contribution >= 4 is 29.0 Å². The van der Waals surface area contributed by atoms with Gasteiger partial charge in [0.25, 0.3) is 0 Å². The Morgan fingerprint density at radius 1 is 1.06 bits per heavy atom. The number of ether oxygens (including phenoxy) is 2. The van der Waals surface area contributed by atoms with E-state index in [0.29, 0.717) is 13.1 Å². The predicted molar refractivity (Wildman–Crippen MR) is 131 cm³/mol. The molecule has 0 spiro atoms. The Balaban J connectivity index is 1.77. The molecule has 0 saturated heterocycles. The van der Waals surface area contributed by atoms with Gasteiger partial charge in [0.15, 0.2) is 0 Å². The van der Waals surface area contributed by atoms with Crippen LogP contribution >= 0.6 is 0 Å². The van der Waals surface area contributed by atoms with E-state index in [4.69, 9.17) is 4.74 Å². The van der Waals surface area contributed by atoms with Crippen molar-refractivity contribution in [3.63, 3.8) is 0 Å². The second kappa shape index (κ2) is 10.4. The molecule has 2 aromatic carbocycles. The second-order valence-corrected chi connectivity index (χ2v) is 9.02. The Labute approximate surface area is 195 Å². The van der Waals surface area contributed by atoms with Crippen LogP contribution in [0.2, 0.25) is 0 Å². The molecule has 1 N–H and O–H groups in total. The van der Waals surface area contributed by atoms with E-state index in [2.05, 4.69) is 28.8 Å². The highest BCUT2D eigenvalue weighted by molar-refractivity contribution is 5.87. The highest BCUT2D eigenvalue weighted by Crippen LogP contribution is 2.23. The SMILES string of the molecule is COC(=O)/C=C/c1ccc(CN(CCc2c(C)[nH]c3ccccc23)C(=O)OC(C)(C)C)cc1. The number of para-hydroxylation sites is 1. The molecular formula is C27H32N2O4. The number of benzene rings is 2. The summed E-state index contributed by atoms with van der Waals surface area (Å²) in [7, 11) is 1.35. The number of carbonyl (C=O) groups is 2. The lowest BCUT2D eigenvalue weighted by Gasteiger charge is -2.27. The first-order valence-corrected chi connectivity index (χ1v) is 11.1. The van der Waals surface area contributed by atoms with E-state index in [1.165, 1.54) is 24.1 Å². The van der Waals surface area contributed by atoms with Crippen LogP contribution in [0.1, 0.15) is 43.2 Å². The molecule has 6 heteroatoms. The fraction of sp³-hybridized carbons (Fsp3) is 0.333. The van der Waals surface area contributed by atoms with E-state index < -0.39 is 11.6 Å². The molecule has 33 heavy (non-hydrogen) atoms. The number of aromatic nitrogens is 1. The highest BCUT2D eigenvalue weighted by atomic mass is 16.6. The summed E-state index contributed by atoms with van der Waals surface area (Å²) < 4.78 is 10.3. The van der Waals surface area contributed by atoms with Gasteiger partial charge >= 0.3 is 12.1 Å². The highest BCUT2D eigenvalue weighted by Gasteiger charge is 2.23. The van der Waals surface area contributed by atoms with Crippen LogP contribution < -0.4 is 0 Å². The number of nitrogens with one attached hydrogen (secondary N) is 1.